The van der Waals surface area contributed by atoms with E-state index in [4.69, 9.17) is 4.55 Å². The van der Waals surface area contributed by atoms with E-state index in [1.165, 1.54) is 0 Å². The molecule has 0 radical (unpaired) electrons. The van der Waals surface area contributed by atoms with Crippen LogP contribution >= 0.6 is 0 Å². The van der Waals surface area contributed by atoms with E-state index in [9.17, 15) is 66.3 Å². The maximum atomic E-state index is 13.4. The molecule has 0 bridgehead atoms. The highest BCUT2D eigenvalue weighted by molar-refractivity contribution is 7.86. The molecule has 20 heteroatoms. The van der Waals surface area contributed by atoms with Crippen molar-refractivity contribution >= 4 is 22.1 Å². The molecule has 0 saturated heterocycles. The minimum Gasteiger partial charge on any atom is -0.451 e. The molecular formula is C12H9F11O8S. The molecule has 0 aliphatic carbocycles. The van der Waals surface area contributed by atoms with Gasteiger partial charge in [-0.05, 0) is 0 Å². The summed E-state index contributed by atoms with van der Waals surface area (Å²) in [4.78, 5) is 22.9. The van der Waals surface area contributed by atoms with Crippen LogP contribution in [0.4, 0.5) is 48.3 Å². The van der Waals surface area contributed by atoms with Crippen LogP contribution in [0.2, 0.25) is 0 Å². The number of hydrogen-bond acceptors (Lipinski definition) is 7. The fraction of sp³-hybridized carbons (Fsp3) is 0.667. The summed E-state index contributed by atoms with van der Waals surface area (Å²) in [5, 5.41) is -5.26. The fourth-order valence-electron chi connectivity index (χ4n) is 1.38. The minimum atomic E-state index is -6.56. The van der Waals surface area contributed by atoms with Gasteiger partial charge in [0.25, 0.3) is 0 Å². The molecule has 0 aromatic heterocycles. The first-order valence-corrected chi connectivity index (χ1v) is 8.60. The first-order chi connectivity index (χ1) is 13.9. The van der Waals surface area contributed by atoms with Crippen LogP contribution in [0.5, 0.6) is 0 Å². The van der Waals surface area contributed by atoms with E-state index in [0.29, 0.717) is 0 Å². The molecule has 0 amide bonds. The number of carbonyl (C=O) groups excluding carboxylic acids is 2. The minimum absolute atomic E-state index is 2.00. The summed E-state index contributed by atoms with van der Waals surface area (Å²) in [5.41, 5.74) is -2.73. The predicted octanol–water partition coefficient (Wildman–Crippen LogP) is 2.90. The molecule has 1 N–H and O–H groups in total. The average Bonchev–Trinajstić information content (AvgIpc) is 2.54. The van der Waals surface area contributed by atoms with Crippen LogP contribution in [-0.2, 0) is 33.9 Å². The summed E-state index contributed by atoms with van der Waals surface area (Å²) in [7, 11) is -6.29. The molecule has 8 nitrogen and oxygen atoms in total. The van der Waals surface area contributed by atoms with Gasteiger partial charge in [0.05, 0.1) is 13.0 Å². The molecule has 32 heavy (non-hydrogen) atoms. The molecule has 0 rings (SSSR count). The van der Waals surface area contributed by atoms with Crippen molar-refractivity contribution in [3.8, 4) is 0 Å². The summed E-state index contributed by atoms with van der Waals surface area (Å²) in [6, 6.07) is 0. The predicted molar refractivity (Wildman–Crippen MR) is 74.2 cm³/mol. The van der Waals surface area contributed by atoms with Crippen LogP contribution in [0, 0.1) is 0 Å². The van der Waals surface area contributed by atoms with E-state index < -0.39 is 76.8 Å². The van der Waals surface area contributed by atoms with Crippen molar-refractivity contribution in [1.82, 2.24) is 0 Å². The topological polar surface area (TPSA) is 116 Å². The van der Waals surface area contributed by atoms with Crippen LogP contribution in [0.1, 0.15) is 6.42 Å². The third-order valence-corrected chi connectivity index (χ3v) is 3.87. The molecule has 0 heterocycles. The number of alkyl halides is 11. The Morgan fingerprint density at radius 3 is 1.72 bits per heavy atom. The molecule has 0 aromatic rings. The Kier molecular flexibility index (Phi) is 8.69. The Labute approximate surface area is 169 Å². The summed E-state index contributed by atoms with van der Waals surface area (Å²) in [6.07, 6.45) is -20.3. The Hall–Kier alpha value is -2.22. The smallest absolute Gasteiger partial charge is 0.451 e. The highest BCUT2D eigenvalue weighted by Crippen LogP contribution is 2.39. The molecule has 1 unspecified atom stereocenters. The fourth-order valence-corrected chi connectivity index (χ4v) is 1.72. The molecule has 0 fully saturated rings. The lowest BCUT2D eigenvalue weighted by Crippen LogP contribution is -2.59. The SMILES string of the molecule is C=C(C(=O)OC(OCCC(F)(F)S(=O)(=O)O)(C(=O)OCC(F)(F)F)C(F)(F)F)C(F)(F)F. The van der Waals surface area contributed by atoms with Crippen molar-refractivity contribution in [3.63, 3.8) is 0 Å². The molecule has 0 aromatic carbocycles. The normalized spacial score (nSPS) is 15.6. The number of carbonyl (C=O) groups is 2. The highest BCUT2D eigenvalue weighted by Gasteiger charge is 2.69. The van der Waals surface area contributed by atoms with E-state index in [1.54, 1.807) is 0 Å². The lowest BCUT2D eigenvalue weighted by atomic mass is 10.2. The summed E-state index contributed by atoms with van der Waals surface area (Å²) in [6.45, 7) is -3.16. The van der Waals surface area contributed by atoms with Gasteiger partial charge < -0.3 is 14.2 Å². The lowest BCUT2D eigenvalue weighted by molar-refractivity contribution is -0.358. The van der Waals surface area contributed by atoms with Gasteiger partial charge in [0.1, 0.15) is 5.57 Å². The number of halogens is 11. The first-order valence-electron chi connectivity index (χ1n) is 7.16. The van der Waals surface area contributed by atoms with Crippen LogP contribution in [0.3, 0.4) is 0 Å². The quantitative estimate of drug-likeness (QED) is 0.162. The zero-order valence-corrected chi connectivity index (χ0v) is 15.5. The number of rotatable bonds is 9. The van der Waals surface area contributed by atoms with E-state index in [-0.39, 0.29) is 0 Å². The van der Waals surface area contributed by atoms with Crippen LogP contribution in [-0.4, -0.2) is 67.7 Å². The Morgan fingerprint density at radius 2 is 1.38 bits per heavy atom. The average molecular weight is 522 g/mol. The van der Waals surface area contributed by atoms with Crippen molar-refractivity contribution in [1.29, 1.82) is 0 Å². The van der Waals surface area contributed by atoms with Crippen LogP contribution in [0.25, 0.3) is 0 Å². The third-order valence-electron chi connectivity index (χ3n) is 2.91. The van der Waals surface area contributed by atoms with Gasteiger partial charge in [-0.25, -0.2) is 9.59 Å². The largest absolute Gasteiger partial charge is 0.468 e. The van der Waals surface area contributed by atoms with Crippen molar-refractivity contribution in [2.75, 3.05) is 13.2 Å². The molecule has 0 aliphatic rings. The highest BCUT2D eigenvalue weighted by atomic mass is 32.2. The third kappa shape index (κ3) is 7.73. The zero-order valence-electron chi connectivity index (χ0n) is 14.7. The van der Waals surface area contributed by atoms with E-state index in [0.717, 1.165) is 0 Å². The monoisotopic (exact) mass is 522 g/mol. The molecular weight excluding hydrogens is 513 g/mol. The maximum absolute atomic E-state index is 13.4. The van der Waals surface area contributed by atoms with E-state index >= 15 is 0 Å². The van der Waals surface area contributed by atoms with Gasteiger partial charge in [-0.1, -0.05) is 6.58 Å². The second-order valence-corrected chi connectivity index (χ2v) is 6.93. The molecule has 0 saturated carbocycles. The molecule has 188 valence electrons. The van der Waals surface area contributed by atoms with Gasteiger partial charge in [-0.2, -0.15) is 56.7 Å². The second-order valence-electron chi connectivity index (χ2n) is 5.38. The van der Waals surface area contributed by atoms with Gasteiger partial charge >= 0.3 is 51.6 Å². The van der Waals surface area contributed by atoms with Gasteiger partial charge in [0.15, 0.2) is 6.61 Å². The number of ether oxygens (including phenoxy) is 3. The van der Waals surface area contributed by atoms with Crippen molar-refractivity contribution in [3.05, 3.63) is 12.2 Å². The van der Waals surface area contributed by atoms with Crippen molar-refractivity contribution in [2.45, 2.75) is 36.0 Å². The summed E-state index contributed by atoms with van der Waals surface area (Å²) < 4.78 is 179. The standard InChI is InChI=1S/C12H9F11O8S/c1-5(11(18,19)20)6(24)31-10(12(21,22)23,7(25)29-4-8(13,14)15)30-3-2-9(16,17)32(26,27)28/h1-4H2,(H,26,27,28). The van der Waals surface area contributed by atoms with Gasteiger partial charge in [-0.3, -0.25) is 4.55 Å². The summed E-state index contributed by atoms with van der Waals surface area (Å²) >= 11 is 0. The van der Waals surface area contributed by atoms with Gasteiger partial charge in [0, 0.05) is 0 Å². The van der Waals surface area contributed by atoms with Crippen LogP contribution in [0.15, 0.2) is 12.2 Å². The van der Waals surface area contributed by atoms with Crippen molar-refractivity contribution in [2.24, 2.45) is 0 Å². The zero-order chi connectivity index (χ0) is 26.0. The summed E-state index contributed by atoms with van der Waals surface area (Å²) in [5.74, 6) is -12.0. The molecule has 0 aliphatic heterocycles. The Balaban J connectivity index is 6.20. The van der Waals surface area contributed by atoms with Gasteiger partial charge in [-0.15, -0.1) is 0 Å². The van der Waals surface area contributed by atoms with E-state index in [2.05, 4.69) is 14.2 Å². The van der Waals surface area contributed by atoms with Crippen LogP contribution < -0.4 is 0 Å². The second kappa shape index (κ2) is 9.33. The Morgan fingerprint density at radius 1 is 0.906 bits per heavy atom. The van der Waals surface area contributed by atoms with E-state index in [1.807, 2.05) is 6.58 Å². The first kappa shape index (κ1) is 29.8. The number of hydrogen-bond donors (Lipinski definition) is 1. The maximum Gasteiger partial charge on any atom is 0.468 e. The lowest BCUT2D eigenvalue weighted by Gasteiger charge is -2.32. The molecule has 1 atom stereocenters. The number of esters is 2. The van der Waals surface area contributed by atoms with Gasteiger partial charge in [0.2, 0.25) is 0 Å². The van der Waals surface area contributed by atoms with Crippen molar-refractivity contribution < 1.29 is 85.1 Å². The molecule has 0 spiro atoms. The Bertz CT molecular complexity index is 827.